The lowest BCUT2D eigenvalue weighted by atomic mass is 10.0. The van der Waals surface area contributed by atoms with Crippen molar-refractivity contribution < 1.29 is 29.3 Å². The van der Waals surface area contributed by atoms with Gasteiger partial charge >= 0.3 is 5.97 Å². The molecule has 0 radical (unpaired) electrons. The van der Waals surface area contributed by atoms with E-state index in [1.807, 2.05) is 30.3 Å². The van der Waals surface area contributed by atoms with Crippen molar-refractivity contribution in [2.75, 3.05) is 0 Å². The number of benzene rings is 3. The Bertz CT molecular complexity index is 1190. The summed E-state index contributed by atoms with van der Waals surface area (Å²) < 4.78 is 0. The smallest absolute Gasteiger partial charge is 0.328 e. The Kier molecular flexibility index (Phi) is 8.40. The van der Waals surface area contributed by atoms with Crippen molar-refractivity contribution in [3.05, 3.63) is 122 Å². The van der Waals surface area contributed by atoms with E-state index in [4.69, 9.17) is 5.11 Å². The van der Waals surface area contributed by atoms with Crippen LogP contribution in [0.5, 0.6) is 0 Å². The molecule has 0 amide bonds. The molecule has 0 heterocycles. The molecule has 1 N–H and O–H groups in total. The highest BCUT2D eigenvalue weighted by atomic mass is 16.6. The van der Waals surface area contributed by atoms with Gasteiger partial charge < -0.3 is 5.11 Å². The van der Waals surface area contributed by atoms with Crippen molar-refractivity contribution in [1.82, 2.24) is 0 Å². The summed E-state index contributed by atoms with van der Waals surface area (Å²) in [5, 5.41) is 29.8. The monoisotopic (exact) mass is 448 g/mol. The summed E-state index contributed by atoms with van der Waals surface area (Å²) in [5.41, 5.74) is -0.650. The fraction of sp³-hybridized carbons (Fsp3) is 0. The van der Waals surface area contributed by atoms with Gasteiger partial charge in [-0.1, -0.05) is 60.7 Å². The second-order valence-electron chi connectivity index (χ2n) is 6.36. The first-order chi connectivity index (χ1) is 15.7. The topological polar surface area (TPSA) is 158 Å². The minimum absolute atomic E-state index is 0.0988. The molecule has 10 nitrogen and oxygen atoms in total. The van der Waals surface area contributed by atoms with Crippen LogP contribution in [0.3, 0.4) is 0 Å². The van der Waals surface area contributed by atoms with E-state index in [1.54, 1.807) is 24.3 Å². The standard InChI is InChI=1S/C14H8N2O6.C9H8O2/c17-13(9-4-2-1-3-5-9)14(18)10-6-11(15(19)20)8-12(7-10)16(21)22;10-9(11)7-6-8-4-2-1-3-5-8/h1-8H;1-7H,(H,10,11). The molecule has 0 aliphatic rings. The molecule has 10 heteroatoms. The highest BCUT2D eigenvalue weighted by Crippen LogP contribution is 2.23. The average molecular weight is 448 g/mol. The molecule has 0 saturated heterocycles. The number of non-ortho nitro benzene ring substituents is 2. The molecule has 0 unspecified atom stereocenters. The summed E-state index contributed by atoms with van der Waals surface area (Å²) in [6.45, 7) is 0. The summed E-state index contributed by atoms with van der Waals surface area (Å²) in [4.78, 5) is 54.0. The van der Waals surface area contributed by atoms with Crippen molar-refractivity contribution in [1.29, 1.82) is 0 Å². The predicted molar refractivity (Wildman–Crippen MR) is 118 cm³/mol. The van der Waals surface area contributed by atoms with E-state index in [9.17, 15) is 34.6 Å². The van der Waals surface area contributed by atoms with Crippen LogP contribution in [0, 0.1) is 20.2 Å². The van der Waals surface area contributed by atoms with E-state index in [2.05, 4.69) is 0 Å². The van der Waals surface area contributed by atoms with Crippen LogP contribution >= 0.6 is 0 Å². The van der Waals surface area contributed by atoms with Gasteiger partial charge in [-0.05, 0) is 11.6 Å². The van der Waals surface area contributed by atoms with Crippen LogP contribution in [-0.4, -0.2) is 32.5 Å². The number of hydrogen-bond acceptors (Lipinski definition) is 7. The van der Waals surface area contributed by atoms with E-state index in [1.165, 1.54) is 12.1 Å². The Labute approximate surface area is 186 Å². The minimum Gasteiger partial charge on any atom is -0.478 e. The number of rotatable bonds is 7. The first-order valence-corrected chi connectivity index (χ1v) is 9.23. The van der Waals surface area contributed by atoms with Gasteiger partial charge in [0.15, 0.2) is 0 Å². The Morgan fingerprint density at radius 3 is 1.61 bits per heavy atom. The molecule has 3 aromatic rings. The van der Waals surface area contributed by atoms with E-state index in [0.717, 1.165) is 29.8 Å². The lowest BCUT2D eigenvalue weighted by Crippen LogP contribution is -2.15. The number of carbonyl (C=O) groups excluding carboxylic acids is 2. The van der Waals surface area contributed by atoms with Crippen LogP contribution in [0.15, 0.2) is 84.9 Å². The summed E-state index contributed by atoms with van der Waals surface area (Å²) >= 11 is 0. The highest BCUT2D eigenvalue weighted by molar-refractivity contribution is 6.49. The molecule has 33 heavy (non-hydrogen) atoms. The number of aliphatic carboxylic acids is 1. The van der Waals surface area contributed by atoms with Crippen LogP contribution in [0.4, 0.5) is 11.4 Å². The molecular formula is C23H16N2O8. The second-order valence-corrected chi connectivity index (χ2v) is 6.36. The van der Waals surface area contributed by atoms with Gasteiger partial charge in [0, 0.05) is 29.3 Å². The molecule has 3 rings (SSSR count). The SMILES string of the molecule is O=C(C(=O)c1cc([N+](=O)[O-])cc([N+](=O)[O-])c1)c1ccccc1.O=C(O)C=Cc1ccccc1. The number of nitrogens with zero attached hydrogens (tertiary/aromatic N) is 2. The van der Waals surface area contributed by atoms with E-state index < -0.39 is 44.3 Å². The number of ketones is 2. The molecule has 0 aromatic heterocycles. The van der Waals surface area contributed by atoms with Crippen molar-refractivity contribution in [3.8, 4) is 0 Å². The van der Waals surface area contributed by atoms with E-state index in [-0.39, 0.29) is 5.56 Å². The van der Waals surface area contributed by atoms with Gasteiger partial charge in [-0.2, -0.15) is 0 Å². The zero-order chi connectivity index (χ0) is 24.4. The third kappa shape index (κ3) is 7.33. The molecule has 166 valence electrons. The molecule has 0 atom stereocenters. The van der Waals surface area contributed by atoms with Crippen LogP contribution in [0.2, 0.25) is 0 Å². The second kappa shape index (κ2) is 11.4. The Balaban J connectivity index is 0.000000294. The van der Waals surface area contributed by atoms with Crippen molar-refractivity contribution >= 4 is 35.0 Å². The maximum absolute atomic E-state index is 12.1. The fourth-order valence-corrected chi connectivity index (χ4v) is 2.52. The van der Waals surface area contributed by atoms with Crippen LogP contribution in [0.1, 0.15) is 26.3 Å². The van der Waals surface area contributed by atoms with Gasteiger partial charge in [0.05, 0.1) is 15.9 Å². The average Bonchev–Trinajstić information content (AvgIpc) is 2.83. The highest BCUT2D eigenvalue weighted by Gasteiger charge is 2.24. The molecule has 0 fully saturated rings. The molecule has 0 spiro atoms. The van der Waals surface area contributed by atoms with Crippen molar-refractivity contribution in [3.63, 3.8) is 0 Å². The molecule has 0 bridgehead atoms. The first kappa shape index (κ1) is 24.3. The third-order valence-corrected chi connectivity index (χ3v) is 4.05. The van der Waals surface area contributed by atoms with E-state index in [0.29, 0.717) is 0 Å². The summed E-state index contributed by atoms with van der Waals surface area (Å²) in [7, 11) is 0. The van der Waals surface area contributed by atoms with Crippen LogP contribution in [-0.2, 0) is 4.79 Å². The molecule has 0 aliphatic heterocycles. The predicted octanol–water partition coefficient (Wildman–Crippen LogP) is 4.35. The number of carboxylic acids is 1. The zero-order valence-electron chi connectivity index (χ0n) is 16.9. The first-order valence-electron chi connectivity index (χ1n) is 9.23. The molecule has 0 saturated carbocycles. The number of Topliss-reactive ketones (excluding diaryl/α,β-unsaturated/α-hetero) is 2. The van der Waals surface area contributed by atoms with Gasteiger partial charge in [-0.3, -0.25) is 29.8 Å². The Hall–Kier alpha value is -4.99. The molecule has 3 aromatic carbocycles. The molecular weight excluding hydrogens is 432 g/mol. The Morgan fingerprint density at radius 2 is 1.15 bits per heavy atom. The maximum Gasteiger partial charge on any atom is 0.328 e. The summed E-state index contributed by atoms with van der Waals surface area (Å²) in [6.07, 6.45) is 2.68. The molecule has 0 aliphatic carbocycles. The maximum atomic E-state index is 12.1. The summed E-state index contributed by atoms with van der Waals surface area (Å²) in [6, 6.07) is 19.3. The normalized spacial score (nSPS) is 10.1. The number of carbonyl (C=O) groups is 3. The lowest BCUT2D eigenvalue weighted by molar-refractivity contribution is -0.394. The van der Waals surface area contributed by atoms with Crippen LogP contribution in [0.25, 0.3) is 6.08 Å². The third-order valence-electron chi connectivity index (χ3n) is 4.05. The minimum atomic E-state index is -1.04. The van der Waals surface area contributed by atoms with Crippen molar-refractivity contribution in [2.45, 2.75) is 0 Å². The van der Waals surface area contributed by atoms with E-state index >= 15 is 0 Å². The van der Waals surface area contributed by atoms with Gasteiger partial charge in [-0.25, -0.2) is 4.79 Å². The van der Waals surface area contributed by atoms with Crippen LogP contribution < -0.4 is 0 Å². The number of carboxylic acid groups (broad SMARTS) is 1. The van der Waals surface area contributed by atoms with Gasteiger partial charge in [0.25, 0.3) is 11.4 Å². The Morgan fingerprint density at radius 1 is 0.697 bits per heavy atom. The zero-order valence-corrected chi connectivity index (χ0v) is 16.9. The van der Waals surface area contributed by atoms with Gasteiger partial charge in [0.1, 0.15) is 0 Å². The number of nitro groups is 2. The number of nitro benzene ring substituents is 2. The fourth-order valence-electron chi connectivity index (χ4n) is 2.52. The van der Waals surface area contributed by atoms with Crippen molar-refractivity contribution in [2.24, 2.45) is 0 Å². The summed E-state index contributed by atoms with van der Waals surface area (Å²) in [5.74, 6) is -2.86. The largest absolute Gasteiger partial charge is 0.478 e. The van der Waals surface area contributed by atoms with Gasteiger partial charge in [0.2, 0.25) is 11.6 Å². The number of hydrogen-bond donors (Lipinski definition) is 1. The lowest BCUT2D eigenvalue weighted by Gasteiger charge is -2.01. The quantitative estimate of drug-likeness (QED) is 0.184. The van der Waals surface area contributed by atoms with Gasteiger partial charge in [-0.15, -0.1) is 0 Å².